The summed E-state index contributed by atoms with van der Waals surface area (Å²) in [6.45, 7) is 2.51. The Hall–Kier alpha value is -3.36. The van der Waals surface area contributed by atoms with Gasteiger partial charge in [-0.25, -0.2) is 9.48 Å². The molecule has 2 aromatic rings. The van der Waals surface area contributed by atoms with E-state index in [4.69, 9.17) is 5.73 Å². The van der Waals surface area contributed by atoms with E-state index in [1.807, 2.05) is 6.92 Å². The normalized spacial score (nSPS) is 16.8. The van der Waals surface area contributed by atoms with Crippen LogP contribution in [0.25, 0.3) is 5.69 Å². The number of primary amides is 1. The van der Waals surface area contributed by atoms with Gasteiger partial charge < -0.3 is 21.1 Å². The number of aryl methyl sites for hydroxylation is 1. The lowest BCUT2D eigenvalue weighted by molar-refractivity contribution is -0.143. The molecule has 1 aliphatic heterocycles. The van der Waals surface area contributed by atoms with Crippen molar-refractivity contribution >= 4 is 23.6 Å². The van der Waals surface area contributed by atoms with Crippen molar-refractivity contribution < 1.29 is 19.5 Å². The topological polar surface area (TPSA) is 131 Å². The van der Waals surface area contributed by atoms with Crippen LogP contribution in [-0.2, 0) is 4.79 Å². The van der Waals surface area contributed by atoms with Crippen LogP contribution in [0, 0.1) is 12.8 Å². The van der Waals surface area contributed by atoms with Crippen LogP contribution in [0.2, 0.25) is 0 Å². The van der Waals surface area contributed by atoms with E-state index in [0.717, 1.165) is 5.56 Å². The van der Waals surface area contributed by atoms with Crippen LogP contribution >= 0.6 is 0 Å². The smallest absolute Gasteiger partial charge is 0.321 e. The molecule has 1 saturated heterocycles. The molecule has 1 aliphatic rings. The summed E-state index contributed by atoms with van der Waals surface area (Å²) in [6.07, 6.45) is 4.64. The molecule has 1 aromatic carbocycles. The number of aromatic nitrogens is 2. The molecule has 1 unspecified atom stereocenters. The van der Waals surface area contributed by atoms with Gasteiger partial charge in [-0.1, -0.05) is 0 Å². The molecule has 1 atom stereocenters. The van der Waals surface area contributed by atoms with Crippen molar-refractivity contribution in [1.82, 2.24) is 14.7 Å². The van der Waals surface area contributed by atoms with Crippen molar-refractivity contribution in [3.8, 4) is 5.69 Å². The van der Waals surface area contributed by atoms with Crippen LogP contribution in [0.4, 0.5) is 10.5 Å². The largest absolute Gasteiger partial charge is 0.481 e. The van der Waals surface area contributed by atoms with Crippen LogP contribution in [0.5, 0.6) is 0 Å². The highest BCUT2D eigenvalue weighted by molar-refractivity contribution is 5.97. The lowest BCUT2D eigenvalue weighted by Gasteiger charge is -2.31. The Morgan fingerprint density at radius 3 is 2.74 bits per heavy atom. The zero-order valence-corrected chi connectivity index (χ0v) is 14.9. The molecule has 0 spiro atoms. The number of hydrogen-bond donors (Lipinski definition) is 3. The molecular weight excluding hydrogens is 350 g/mol. The summed E-state index contributed by atoms with van der Waals surface area (Å²) in [5.74, 6) is -2.09. The number of amides is 3. The first kappa shape index (κ1) is 18.4. The molecule has 9 heteroatoms. The molecule has 3 amide bonds. The number of carbonyl (C=O) groups excluding carboxylic acids is 2. The number of nitrogens with two attached hydrogens (primary N) is 1. The van der Waals surface area contributed by atoms with Gasteiger partial charge in [-0.3, -0.25) is 9.59 Å². The van der Waals surface area contributed by atoms with Crippen molar-refractivity contribution in [3.05, 3.63) is 41.7 Å². The van der Waals surface area contributed by atoms with Crippen molar-refractivity contribution in [2.75, 3.05) is 18.4 Å². The predicted molar refractivity (Wildman–Crippen MR) is 97.8 cm³/mol. The standard InChI is InChI=1S/C18H21N5O4/c1-11-8-20-23(9-11)15-5-4-12(16(19)24)7-14(15)21-18(27)22-6-2-3-13(10-22)17(25)26/h4-5,7-9,13H,2-3,6,10H2,1H3,(H2,19,24)(H,21,27)(H,25,26). The third kappa shape index (κ3) is 4.08. The van der Waals surface area contributed by atoms with Crippen molar-refractivity contribution in [1.29, 1.82) is 0 Å². The summed E-state index contributed by atoms with van der Waals surface area (Å²) in [5, 5.41) is 16.2. The number of benzene rings is 1. The maximum absolute atomic E-state index is 12.7. The summed E-state index contributed by atoms with van der Waals surface area (Å²) in [6, 6.07) is 4.28. The van der Waals surface area contributed by atoms with Gasteiger partial charge in [0.1, 0.15) is 0 Å². The van der Waals surface area contributed by atoms with E-state index in [1.54, 1.807) is 29.2 Å². The van der Waals surface area contributed by atoms with E-state index >= 15 is 0 Å². The highest BCUT2D eigenvalue weighted by atomic mass is 16.4. The Kier molecular flexibility index (Phi) is 5.11. The molecule has 0 aliphatic carbocycles. The number of anilines is 1. The second-order valence-corrected chi connectivity index (χ2v) is 6.61. The molecule has 1 fully saturated rings. The SMILES string of the molecule is Cc1cnn(-c2ccc(C(N)=O)cc2NC(=O)N2CCCC(C(=O)O)C2)c1. The molecule has 9 nitrogen and oxygen atoms in total. The number of aliphatic carboxylic acids is 1. The van der Waals surface area contributed by atoms with Crippen LogP contribution < -0.4 is 11.1 Å². The van der Waals surface area contributed by atoms with Gasteiger partial charge in [0.2, 0.25) is 5.91 Å². The van der Waals surface area contributed by atoms with Gasteiger partial charge >= 0.3 is 12.0 Å². The monoisotopic (exact) mass is 371 g/mol. The minimum absolute atomic E-state index is 0.146. The number of nitrogens with one attached hydrogen (secondary N) is 1. The Bertz CT molecular complexity index is 892. The highest BCUT2D eigenvalue weighted by Gasteiger charge is 2.28. The Labute approximate surface area is 155 Å². The minimum atomic E-state index is -0.907. The van der Waals surface area contributed by atoms with E-state index in [1.165, 1.54) is 11.0 Å². The van der Waals surface area contributed by atoms with Crippen LogP contribution in [0.1, 0.15) is 28.8 Å². The fraction of sp³-hybridized carbons (Fsp3) is 0.333. The van der Waals surface area contributed by atoms with Gasteiger partial charge in [0.15, 0.2) is 0 Å². The van der Waals surface area contributed by atoms with E-state index in [9.17, 15) is 19.5 Å². The number of urea groups is 1. The first-order chi connectivity index (χ1) is 12.8. The van der Waals surface area contributed by atoms with Crippen LogP contribution in [0.15, 0.2) is 30.6 Å². The summed E-state index contributed by atoms with van der Waals surface area (Å²) < 4.78 is 1.59. The highest BCUT2D eigenvalue weighted by Crippen LogP contribution is 2.24. The molecular formula is C18H21N5O4. The lowest BCUT2D eigenvalue weighted by Crippen LogP contribution is -2.44. The molecule has 142 valence electrons. The zero-order valence-electron chi connectivity index (χ0n) is 14.9. The Balaban J connectivity index is 1.87. The third-order valence-electron chi connectivity index (χ3n) is 4.54. The second kappa shape index (κ2) is 7.48. The van der Waals surface area contributed by atoms with Gasteiger partial charge in [0, 0.05) is 24.8 Å². The second-order valence-electron chi connectivity index (χ2n) is 6.61. The van der Waals surface area contributed by atoms with Gasteiger partial charge in [0.05, 0.1) is 23.5 Å². The number of carboxylic acid groups (broad SMARTS) is 1. The van der Waals surface area contributed by atoms with Gasteiger partial charge in [-0.05, 0) is 43.5 Å². The number of carbonyl (C=O) groups is 3. The number of piperidine rings is 1. The molecule has 0 bridgehead atoms. The Morgan fingerprint density at radius 2 is 2.11 bits per heavy atom. The van der Waals surface area contributed by atoms with E-state index < -0.39 is 23.8 Å². The van der Waals surface area contributed by atoms with Crippen LogP contribution in [0.3, 0.4) is 0 Å². The number of hydrogen-bond acceptors (Lipinski definition) is 4. The van der Waals surface area contributed by atoms with E-state index in [0.29, 0.717) is 30.8 Å². The van der Waals surface area contributed by atoms with Crippen molar-refractivity contribution in [2.45, 2.75) is 19.8 Å². The third-order valence-corrected chi connectivity index (χ3v) is 4.54. The van der Waals surface area contributed by atoms with Crippen molar-refractivity contribution in [2.24, 2.45) is 11.7 Å². The van der Waals surface area contributed by atoms with Crippen molar-refractivity contribution in [3.63, 3.8) is 0 Å². The molecule has 4 N–H and O–H groups in total. The van der Waals surface area contributed by atoms with Gasteiger partial charge in [-0.15, -0.1) is 0 Å². The maximum Gasteiger partial charge on any atom is 0.321 e. The first-order valence-electron chi connectivity index (χ1n) is 8.59. The number of likely N-dealkylation sites (tertiary alicyclic amines) is 1. The fourth-order valence-electron chi connectivity index (χ4n) is 3.09. The molecule has 3 rings (SSSR count). The zero-order chi connectivity index (χ0) is 19.6. The van der Waals surface area contributed by atoms with Gasteiger partial charge in [-0.2, -0.15) is 5.10 Å². The Morgan fingerprint density at radius 1 is 1.33 bits per heavy atom. The summed E-state index contributed by atoms with van der Waals surface area (Å²) in [7, 11) is 0. The average molecular weight is 371 g/mol. The quantitative estimate of drug-likeness (QED) is 0.751. The van der Waals surface area contributed by atoms with E-state index in [2.05, 4.69) is 10.4 Å². The minimum Gasteiger partial charge on any atom is -0.481 e. The summed E-state index contributed by atoms with van der Waals surface area (Å²) >= 11 is 0. The summed E-state index contributed by atoms with van der Waals surface area (Å²) in [4.78, 5) is 36.9. The average Bonchev–Trinajstić information content (AvgIpc) is 3.07. The predicted octanol–water partition coefficient (Wildman–Crippen LogP) is 1.61. The molecule has 0 radical (unpaired) electrons. The summed E-state index contributed by atoms with van der Waals surface area (Å²) in [5.41, 5.74) is 7.49. The maximum atomic E-state index is 12.7. The molecule has 0 saturated carbocycles. The number of nitrogens with zero attached hydrogens (tertiary/aromatic N) is 3. The molecule has 1 aromatic heterocycles. The molecule has 27 heavy (non-hydrogen) atoms. The number of carboxylic acids is 1. The first-order valence-corrected chi connectivity index (χ1v) is 8.59. The molecule has 2 heterocycles. The number of rotatable bonds is 4. The van der Waals surface area contributed by atoms with E-state index in [-0.39, 0.29) is 12.1 Å². The van der Waals surface area contributed by atoms with Crippen LogP contribution in [-0.4, -0.2) is 50.8 Å². The lowest BCUT2D eigenvalue weighted by atomic mass is 9.99. The van der Waals surface area contributed by atoms with Gasteiger partial charge in [0.25, 0.3) is 0 Å². The fourth-order valence-corrected chi connectivity index (χ4v) is 3.09.